The minimum atomic E-state index is -0.403. The third kappa shape index (κ3) is 5.65. The van der Waals surface area contributed by atoms with Gasteiger partial charge in [0.05, 0.1) is 39.8 Å². The first kappa shape index (κ1) is 24.9. The number of nitrogens with zero attached hydrogens (tertiary/aromatic N) is 3. The zero-order valence-corrected chi connectivity index (χ0v) is 21.2. The van der Waals surface area contributed by atoms with E-state index in [0.29, 0.717) is 30.9 Å². The fourth-order valence-corrected chi connectivity index (χ4v) is 5.18. The molecule has 192 valence electrons. The van der Waals surface area contributed by atoms with E-state index in [1.165, 1.54) is 24.4 Å². The Kier molecular flexibility index (Phi) is 7.47. The number of anilines is 2. The van der Waals surface area contributed by atoms with Crippen LogP contribution in [0.5, 0.6) is 0 Å². The van der Waals surface area contributed by atoms with E-state index in [9.17, 15) is 14.0 Å². The molecule has 0 bridgehead atoms. The van der Waals surface area contributed by atoms with Gasteiger partial charge < -0.3 is 19.8 Å². The molecule has 0 saturated carbocycles. The van der Waals surface area contributed by atoms with Crippen LogP contribution in [0.3, 0.4) is 0 Å². The summed E-state index contributed by atoms with van der Waals surface area (Å²) in [6.45, 7) is 1.57. The number of fused-ring (bicyclic) bond motifs is 1. The van der Waals surface area contributed by atoms with Gasteiger partial charge in [0.15, 0.2) is 0 Å². The predicted molar refractivity (Wildman–Crippen MR) is 141 cm³/mol. The second-order valence-electron chi connectivity index (χ2n) is 8.87. The molecule has 2 aromatic carbocycles. The van der Waals surface area contributed by atoms with Crippen LogP contribution in [-0.4, -0.2) is 53.9 Å². The molecule has 5 rings (SSSR count). The normalized spacial score (nSPS) is 14.2. The lowest BCUT2D eigenvalue weighted by atomic mass is 9.89. The molecular formula is C27H27FN4O4S. The average Bonchev–Trinajstić information content (AvgIpc) is 3.38. The van der Waals surface area contributed by atoms with Crippen LogP contribution in [0.4, 0.5) is 15.8 Å². The minimum Gasteiger partial charge on any atom is -0.408 e. The van der Waals surface area contributed by atoms with Crippen LogP contribution in [0.15, 0.2) is 65.0 Å². The summed E-state index contributed by atoms with van der Waals surface area (Å²) in [7, 11) is 1.54. The Labute approximate surface area is 217 Å². The number of pyridine rings is 1. The van der Waals surface area contributed by atoms with Crippen LogP contribution in [0.1, 0.15) is 34.7 Å². The van der Waals surface area contributed by atoms with Crippen molar-refractivity contribution in [3.8, 4) is 0 Å². The number of hydrogen-bond donors (Lipinski definition) is 1. The summed E-state index contributed by atoms with van der Waals surface area (Å²) in [5.74, 6) is -0.189. The summed E-state index contributed by atoms with van der Waals surface area (Å²) in [6, 6.07) is 13.7. The smallest absolute Gasteiger partial charge is 0.285 e. The van der Waals surface area contributed by atoms with Gasteiger partial charge in [-0.25, -0.2) is 9.37 Å². The number of piperidine rings is 1. The number of hydrogen-bond acceptors (Lipinski definition) is 7. The fourth-order valence-electron chi connectivity index (χ4n) is 4.52. The Morgan fingerprint density at radius 3 is 2.68 bits per heavy atom. The first-order valence-corrected chi connectivity index (χ1v) is 12.9. The van der Waals surface area contributed by atoms with Gasteiger partial charge in [-0.05, 0) is 54.7 Å². The van der Waals surface area contributed by atoms with Crippen molar-refractivity contribution in [2.24, 2.45) is 0 Å². The van der Waals surface area contributed by atoms with Crippen molar-refractivity contribution < 1.29 is 18.8 Å². The Hall–Kier alpha value is -3.76. The molecule has 1 saturated heterocycles. The van der Waals surface area contributed by atoms with Crippen LogP contribution >= 0.6 is 11.3 Å². The first-order chi connectivity index (χ1) is 18.0. The summed E-state index contributed by atoms with van der Waals surface area (Å²) >= 11 is 1.54. The van der Waals surface area contributed by atoms with Crippen molar-refractivity contribution in [1.29, 1.82) is 0 Å². The highest BCUT2D eigenvalue weighted by atomic mass is 32.1. The molecule has 8 nitrogen and oxygen atoms in total. The predicted octanol–water partition coefficient (Wildman–Crippen LogP) is 4.44. The van der Waals surface area contributed by atoms with Crippen LogP contribution < -0.4 is 15.7 Å². The largest absolute Gasteiger partial charge is 0.408 e. The lowest BCUT2D eigenvalue weighted by Crippen LogP contribution is -2.39. The Bertz CT molecular complexity index is 1450. The Morgan fingerprint density at radius 2 is 1.92 bits per heavy atom. The van der Waals surface area contributed by atoms with E-state index >= 15 is 0 Å². The number of carbonyl (C=O) groups is 1. The maximum absolute atomic E-state index is 13.7. The molecule has 0 radical (unpaired) electrons. The molecule has 3 heterocycles. The highest BCUT2D eigenvalue weighted by Gasteiger charge is 2.27. The van der Waals surface area contributed by atoms with E-state index in [1.807, 2.05) is 30.3 Å². The zero-order chi connectivity index (χ0) is 25.8. The molecule has 1 aliphatic rings. The van der Waals surface area contributed by atoms with Gasteiger partial charge in [-0.1, -0.05) is 12.1 Å². The first-order valence-electron chi connectivity index (χ1n) is 12.1. The van der Waals surface area contributed by atoms with E-state index < -0.39 is 5.56 Å². The number of aromatic nitrogens is 2. The van der Waals surface area contributed by atoms with Crippen molar-refractivity contribution in [1.82, 2.24) is 14.6 Å². The van der Waals surface area contributed by atoms with Crippen LogP contribution in [0, 0.1) is 5.82 Å². The zero-order valence-electron chi connectivity index (χ0n) is 20.4. The van der Waals surface area contributed by atoms with E-state index in [2.05, 4.69) is 10.3 Å². The third-order valence-electron chi connectivity index (χ3n) is 6.50. The standard InChI is InChI=1S/C27H27FN4O4S/c1-35-12-13-36-32-16-22(23(15-26(32)33)30-21-6-7-25-24(14-21)29-17-37-25)27(34)31-10-8-19(9-11-31)18-2-4-20(28)5-3-18/h2-7,14-17,19,30H,8-13H2,1H3. The number of methoxy groups -OCH3 is 1. The second-order valence-corrected chi connectivity index (χ2v) is 9.76. The molecule has 1 fully saturated rings. The average molecular weight is 523 g/mol. The number of benzene rings is 2. The molecule has 0 aliphatic carbocycles. The molecule has 1 amide bonds. The van der Waals surface area contributed by atoms with Crippen molar-refractivity contribution in [2.45, 2.75) is 18.8 Å². The number of nitrogens with one attached hydrogen (secondary N) is 1. The minimum absolute atomic E-state index is 0.167. The Balaban J connectivity index is 1.39. The highest BCUT2D eigenvalue weighted by Crippen LogP contribution is 2.30. The number of rotatable bonds is 8. The SMILES string of the molecule is COCCOn1cc(C(=O)N2CCC(c3ccc(F)cc3)CC2)c(Nc2ccc3scnc3c2)cc1=O. The van der Waals surface area contributed by atoms with E-state index in [4.69, 9.17) is 9.57 Å². The van der Waals surface area contributed by atoms with Gasteiger partial charge in [0.1, 0.15) is 12.4 Å². The molecule has 0 atom stereocenters. The van der Waals surface area contributed by atoms with Crippen LogP contribution in [-0.2, 0) is 4.74 Å². The van der Waals surface area contributed by atoms with Gasteiger partial charge in [-0.2, -0.15) is 4.73 Å². The molecule has 4 aromatic rings. The molecule has 37 heavy (non-hydrogen) atoms. The summed E-state index contributed by atoms with van der Waals surface area (Å²) in [5, 5.41) is 3.24. The molecule has 2 aromatic heterocycles. The maximum Gasteiger partial charge on any atom is 0.285 e. The van der Waals surface area contributed by atoms with Gasteiger partial charge in [-0.3, -0.25) is 9.59 Å². The van der Waals surface area contributed by atoms with E-state index in [-0.39, 0.29) is 24.2 Å². The van der Waals surface area contributed by atoms with Crippen LogP contribution in [0.2, 0.25) is 0 Å². The number of thiazole rings is 1. The summed E-state index contributed by atoms with van der Waals surface area (Å²) in [6.07, 6.45) is 2.98. The summed E-state index contributed by atoms with van der Waals surface area (Å²) < 4.78 is 20.5. The van der Waals surface area contributed by atoms with Gasteiger partial charge in [0.2, 0.25) is 0 Å². The number of likely N-dealkylation sites (tertiary alicyclic amines) is 1. The molecule has 10 heteroatoms. The highest BCUT2D eigenvalue weighted by molar-refractivity contribution is 7.16. The molecule has 0 unspecified atom stereocenters. The van der Waals surface area contributed by atoms with Crippen molar-refractivity contribution in [3.05, 3.63) is 87.5 Å². The quantitative estimate of drug-likeness (QED) is 0.345. The molecular weight excluding hydrogens is 495 g/mol. The van der Waals surface area contributed by atoms with Gasteiger partial charge in [0.25, 0.3) is 11.5 Å². The summed E-state index contributed by atoms with van der Waals surface area (Å²) in [4.78, 5) is 38.1. The monoisotopic (exact) mass is 522 g/mol. The topological polar surface area (TPSA) is 85.7 Å². The van der Waals surface area contributed by atoms with Crippen molar-refractivity contribution in [3.63, 3.8) is 0 Å². The van der Waals surface area contributed by atoms with Crippen molar-refractivity contribution >= 4 is 38.8 Å². The molecule has 0 spiro atoms. The van der Waals surface area contributed by atoms with Gasteiger partial charge >= 0.3 is 0 Å². The second kappa shape index (κ2) is 11.1. The van der Waals surface area contributed by atoms with Gasteiger partial charge in [0, 0.05) is 32.0 Å². The fraction of sp³-hybridized carbons (Fsp3) is 0.296. The number of ether oxygens (including phenoxy) is 1. The summed E-state index contributed by atoms with van der Waals surface area (Å²) in [5.41, 5.74) is 4.74. The Morgan fingerprint density at radius 1 is 1.14 bits per heavy atom. The van der Waals surface area contributed by atoms with E-state index in [0.717, 1.165) is 39.0 Å². The lowest BCUT2D eigenvalue weighted by molar-refractivity contribution is 0.0511. The van der Waals surface area contributed by atoms with Gasteiger partial charge in [-0.15, -0.1) is 11.3 Å². The van der Waals surface area contributed by atoms with Crippen molar-refractivity contribution in [2.75, 3.05) is 38.7 Å². The molecule has 1 aliphatic heterocycles. The van der Waals surface area contributed by atoms with Crippen LogP contribution in [0.25, 0.3) is 10.2 Å². The third-order valence-corrected chi connectivity index (χ3v) is 7.31. The lowest BCUT2D eigenvalue weighted by Gasteiger charge is -2.32. The number of carbonyl (C=O) groups excluding carboxylic acids is 1. The molecule has 1 N–H and O–H groups in total. The number of halogens is 1. The number of amides is 1. The maximum atomic E-state index is 13.7. The van der Waals surface area contributed by atoms with E-state index in [1.54, 1.807) is 28.9 Å².